The summed E-state index contributed by atoms with van der Waals surface area (Å²) in [4.78, 5) is 25.6. The average molecular weight is 615 g/mol. The summed E-state index contributed by atoms with van der Waals surface area (Å²) >= 11 is 1.06. The molecule has 0 aliphatic heterocycles. The fraction of sp³-hybridized carbons (Fsp3) is 0.379. The molecule has 0 saturated heterocycles. The Morgan fingerprint density at radius 1 is 1.16 bits per heavy atom. The molecular formula is C29H32F2N6O5S. The quantitative estimate of drug-likeness (QED) is 0.154. The largest absolute Gasteiger partial charge is 0.453 e. The van der Waals surface area contributed by atoms with E-state index in [1.54, 1.807) is 6.08 Å². The van der Waals surface area contributed by atoms with Crippen molar-refractivity contribution < 1.29 is 33.6 Å². The number of halogens is 2. The van der Waals surface area contributed by atoms with Crippen LogP contribution in [-0.4, -0.2) is 60.3 Å². The average Bonchev–Trinajstić information content (AvgIpc) is 3.69. The number of nitrogens with zero attached hydrogens (tertiary/aromatic N) is 5. The molecule has 1 aliphatic carbocycles. The van der Waals surface area contributed by atoms with Crippen LogP contribution in [0.25, 0.3) is 11.1 Å². The number of carbonyl (C=O) groups is 1. The molecule has 14 heteroatoms. The number of hydrogen-bond donors (Lipinski definition) is 4. The first-order valence-electron chi connectivity index (χ1n) is 13.4. The van der Waals surface area contributed by atoms with Gasteiger partial charge in [0.05, 0.1) is 23.2 Å². The molecule has 3 heterocycles. The standard InChI is InChI=1S/C27H26F2N6O5S.C2H6/c1-14(2)4-8-19(30-3)20-10-16(17-11-21(24(28)29)32-13-22(17)40-27(37,38)39)18(12-31-20)25(36)33-26-35-34-23(41-26)9-7-15-5-6-15;1-2/h4,8,10-15,24,37-39H,5-6H2,1-3H3,(H,33,35,36);1-2H3/b8-4-,30-19?;. The molecule has 4 N–H and O–H groups in total. The molecule has 11 nitrogen and oxygen atoms in total. The third kappa shape index (κ3) is 9.69. The highest BCUT2D eigenvalue weighted by Gasteiger charge is 2.27. The molecule has 1 aliphatic rings. The van der Waals surface area contributed by atoms with E-state index >= 15 is 0 Å². The number of amides is 1. The fourth-order valence-corrected chi connectivity index (χ4v) is 4.06. The van der Waals surface area contributed by atoms with Crippen molar-refractivity contribution in [2.45, 2.75) is 53.1 Å². The highest BCUT2D eigenvalue weighted by Crippen LogP contribution is 2.36. The van der Waals surface area contributed by atoms with Gasteiger partial charge in [0.1, 0.15) is 5.69 Å². The van der Waals surface area contributed by atoms with E-state index in [2.05, 4.69) is 42.3 Å². The summed E-state index contributed by atoms with van der Waals surface area (Å²) in [6.07, 6.45) is 0.975. The van der Waals surface area contributed by atoms with Crippen LogP contribution in [-0.2, 0) is 0 Å². The minimum absolute atomic E-state index is 0.00610. The maximum atomic E-state index is 13.6. The monoisotopic (exact) mass is 614 g/mol. The number of alkyl halides is 2. The predicted molar refractivity (Wildman–Crippen MR) is 158 cm³/mol. The first kappa shape index (κ1) is 33.3. The second kappa shape index (κ2) is 14.8. The van der Waals surface area contributed by atoms with Crippen LogP contribution in [0.4, 0.5) is 13.9 Å². The van der Waals surface area contributed by atoms with Crippen LogP contribution in [0.2, 0.25) is 0 Å². The molecule has 4 rings (SSSR count). The molecule has 1 saturated carbocycles. The van der Waals surface area contributed by atoms with Gasteiger partial charge < -0.3 is 20.1 Å². The summed E-state index contributed by atoms with van der Waals surface area (Å²) in [5, 5.41) is 39.4. The van der Waals surface area contributed by atoms with Crippen molar-refractivity contribution in [2.24, 2.45) is 16.8 Å². The Hall–Kier alpha value is -4.16. The number of aliphatic imine (C=N–C) groups is 1. The van der Waals surface area contributed by atoms with Crippen LogP contribution in [0.5, 0.6) is 5.75 Å². The number of ether oxygens (including phenoxy) is 1. The SMILES string of the molecule is CC.CN=C(/C=C\C(C)C)c1cc(-c2cc(C(F)F)ncc2OC(O)(O)O)c(C(=O)Nc2nnc(C#CC3CC3)s2)cn1. The highest BCUT2D eigenvalue weighted by atomic mass is 32.1. The molecule has 0 bridgehead atoms. The van der Waals surface area contributed by atoms with Crippen LogP contribution >= 0.6 is 11.3 Å². The van der Waals surface area contributed by atoms with Gasteiger partial charge in [0.15, 0.2) is 10.8 Å². The van der Waals surface area contributed by atoms with Crippen LogP contribution in [0, 0.1) is 23.7 Å². The Labute approximate surface area is 251 Å². The molecule has 3 aromatic rings. The second-order valence-electron chi connectivity index (χ2n) is 9.32. The molecule has 1 amide bonds. The predicted octanol–water partition coefficient (Wildman–Crippen LogP) is 4.57. The van der Waals surface area contributed by atoms with Gasteiger partial charge in [-0.05, 0) is 42.9 Å². The van der Waals surface area contributed by atoms with E-state index < -0.39 is 29.9 Å². The summed E-state index contributed by atoms with van der Waals surface area (Å²) in [5.74, 6) is 5.27. The Bertz CT molecular complexity index is 1550. The van der Waals surface area contributed by atoms with Crippen molar-refractivity contribution >= 4 is 28.1 Å². The van der Waals surface area contributed by atoms with Crippen molar-refractivity contribution in [1.82, 2.24) is 20.2 Å². The number of aromatic nitrogens is 4. The zero-order valence-electron chi connectivity index (χ0n) is 24.2. The maximum Gasteiger partial charge on any atom is 0.453 e. The summed E-state index contributed by atoms with van der Waals surface area (Å²) < 4.78 is 32.0. The van der Waals surface area contributed by atoms with Gasteiger partial charge >= 0.3 is 6.16 Å². The Morgan fingerprint density at radius 3 is 2.49 bits per heavy atom. The molecule has 0 unspecified atom stereocenters. The molecule has 0 spiro atoms. The Balaban J connectivity index is 0.00000248. The van der Waals surface area contributed by atoms with Gasteiger partial charge in [0, 0.05) is 30.3 Å². The third-order valence-corrected chi connectivity index (χ3v) is 6.30. The van der Waals surface area contributed by atoms with E-state index in [0.717, 1.165) is 36.4 Å². The van der Waals surface area contributed by atoms with Gasteiger partial charge in [-0.1, -0.05) is 51.0 Å². The highest BCUT2D eigenvalue weighted by molar-refractivity contribution is 7.15. The molecule has 43 heavy (non-hydrogen) atoms. The number of rotatable bonds is 9. The lowest BCUT2D eigenvalue weighted by atomic mass is 9.98. The molecular weight excluding hydrogens is 582 g/mol. The fourth-order valence-electron chi connectivity index (χ4n) is 3.46. The summed E-state index contributed by atoms with van der Waals surface area (Å²) in [6.45, 7) is 7.92. The van der Waals surface area contributed by atoms with E-state index in [1.807, 2.05) is 33.8 Å². The Morgan fingerprint density at radius 2 is 1.88 bits per heavy atom. The van der Waals surface area contributed by atoms with Gasteiger partial charge in [0.25, 0.3) is 12.3 Å². The number of nitrogens with one attached hydrogen (secondary N) is 1. The van der Waals surface area contributed by atoms with Gasteiger partial charge in [-0.2, -0.15) is 0 Å². The van der Waals surface area contributed by atoms with Gasteiger partial charge in [-0.25, -0.2) is 8.78 Å². The van der Waals surface area contributed by atoms with E-state index in [1.165, 1.54) is 19.3 Å². The second-order valence-corrected chi connectivity index (χ2v) is 10.3. The van der Waals surface area contributed by atoms with Crippen LogP contribution < -0.4 is 10.1 Å². The molecule has 0 radical (unpaired) electrons. The minimum atomic E-state index is -3.67. The number of carbonyl (C=O) groups excluding carboxylic acids is 1. The Kier molecular flexibility index (Phi) is 11.5. The zero-order valence-corrected chi connectivity index (χ0v) is 25.0. The first-order chi connectivity index (χ1) is 20.4. The van der Waals surface area contributed by atoms with Crippen LogP contribution in [0.3, 0.4) is 0 Å². The van der Waals surface area contributed by atoms with Crippen molar-refractivity contribution in [3.05, 3.63) is 58.6 Å². The summed E-state index contributed by atoms with van der Waals surface area (Å²) in [6, 6.07) is 2.31. The lowest BCUT2D eigenvalue weighted by Crippen LogP contribution is -2.35. The van der Waals surface area contributed by atoms with Crippen molar-refractivity contribution in [2.75, 3.05) is 12.4 Å². The topological polar surface area (TPSA) is 163 Å². The lowest BCUT2D eigenvalue weighted by Gasteiger charge is -2.20. The number of allylic oxidation sites excluding steroid dienone is 2. The normalized spacial score (nSPS) is 13.4. The molecule has 1 fully saturated rings. The smallest absolute Gasteiger partial charge is 0.415 e. The number of aliphatic hydroxyl groups is 3. The number of pyridine rings is 2. The van der Waals surface area contributed by atoms with Crippen molar-refractivity contribution in [3.8, 4) is 28.7 Å². The van der Waals surface area contributed by atoms with E-state index in [9.17, 15) is 28.9 Å². The number of anilines is 1. The third-order valence-electron chi connectivity index (χ3n) is 5.55. The van der Waals surface area contributed by atoms with Gasteiger partial charge in [0.2, 0.25) is 5.13 Å². The van der Waals surface area contributed by atoms with E-state index in [-0.39, 0.29) is 33.4 Å². The summed E-state index contributed by atoms with van der Waals surface area (Å²) in [7, 11) is 1.54. The lowest BCUT2D eigenvalue weighted by molar-refractivity contribution is -0.419. The first-order valence-corrected chi connectivity index (χ1v) is 14.2. The van der Waals surface area contributed by atoms with E-state index in [0.29, 0.717) is 16.6 Å². The molecule has 228 valence electrons. The number of hydrogen-bond acceptors (Lipinski definition) is 11. The van der Waals surface area contributed by atoms with E-state index in [4.69, 9.17) is 4.74 Å². The molecule has 0 atom stereocenters. The van der Waals surface area contributed by atoms with Gasteiger partial charge in [-0.3, -0.25) is 25.1 Å². The molecule has 0 aromatic carbocycles. The zero-order chi connectivity index (χ0) is 31.7. The molecule has 3 aromatic heterocycles. The maximum absolute atomic E-state index is 13.6. The van der Waals surface area contributed by atoms with Crippen LogP contribution in [0.1, 0.15) is 73.7 Å². The van der Waals surface area contributed by atoms with Crippen molar-refractivity contribution in [1.29, 1.82) is 0 Å². The van der Waals surface area contributed by atoms with Gasteiger partial charge in [-0.15, -0.1) is 10.2 Å². The summed E-state index contributed by atoms with van der Waals surface area (Å²) in [5.41, 5.74) is -0.330. The minimum Gasteiger partial charge on any atom is -0.415 e. The van der Waals surface area contributed by atoms with Crippen LogP contribution in [0.15, 0.2) is 41.7 Å². The van der Waals surface area contributed by atoms with Crippen molar-refractivity contribution in [3.63, 3.8) is 0 Å².